The van der Waals surface area contributed by atoms with Crippen LogP contribution in [0.5, 0.6) is 5.75 Å². The number of rotatable bonds is 9. The molecule has 0 radical (unpaired) electrons. The molecule has 0 aliphatic heterocycles. The van der Waals surface area contributed by atoms with Gasteiger partial charge in [0.1, 0.15) is 11.2 Å². The zero-order valence-electron chi connectivity index (χ0n) is 15.9. The van der Waals surface area contributed by atoms with Crippen molar-refractivity contribution in [1.29, 1.82) is 0 Å². The van der Waals surface area contributed by atoms with Crippen LogP contribution in [-0.2, 0) is 15.0 Å². The zero-order chi connectivity index (χ0) is 20.6. The van der Waals surface area contributed by atoms with E-state index in [1.807, 2.05) is 0 Å². The van der Waals surface area contributed by atoms with Gasteiger partial charge in [-0.3, -0.25) is 14.4 Å². The minimum Gasteiger partial charge on any atom is -0.497 e. The minimum atomic E-state index is -1.23. The van der Waals surface area contributed by atoms with Crippen molar-refractivity contribution in [2.75, 3.05) is 20.2 Å². The van der Waals surface area contributed by atoms with Crippen molar-refractivity contribution in [1.82, 2.24) is 10.6 Å². The third kappa shape index (κ3) is 4.88. The van der Waals surface area contributed by atoms with Gasteiger partial charge in [-0.2, -0.15) is 0 Å². The Balaban J connectivity index is 1.98. The van der Waals surface area contributed by atoms with Crippen molar-refractivity contribution < 1.29 is 24.2 Å². The number of carbonyl (C=O) groups excluding carboxylic acids is 2. The lowest BCUT2D eigenvalue weighted by atomic mass is 9.78. The SMILES string of the molecule is CCC(CNC(=O)CNC(=O)c1cccc(OC)c1)(C(=O)O)c1ccccc1. The van der Waals surface area contributed by atoms with E-state index in [0.29, 0.717) is 23.3 Å². The molecule has 2 amide bonds. The number of ether oxygens (including phenoxy) is 1. The number of carboxylic acids is 1. The monoisotopic (exact) mass is 384 g/mol. The molecule has 0 spiro atoms. The Bertz CT molecular complexity index is 838. The van der Waals surface area contributed by atoms with Gasteiger partial charge in [-0.05, 0) is 30.2 Å². The fourth-order valence-corrected chi connectivity index (χ4v) is 2.88. The molecule has 2 aromatic carbocycles. The number of carboxylic acid groups (broad SMARTS) is 1. The van der Waals surface area contributed by atoms with Crippen LogP contribution >= 0.6 is 0 Å². The number of aliphatic carboxylic acids is 1. The van der Waals surface area contributed by atoms with Gasteiger partial charge in [-0.1, -0.05) is 43.3 Å². The number of carbonyl (C=O) groups is 3. The van der Waals surface area contributed by atoms with Crippen LogP contribution in [-0.4, -0.2) is 43.1 Å². The first-order chi connectivity index (χ1) is 13.4. The Morgan fingerprint density at radius 2 is 1.75 bits per heavy atom. The number of benzene rings is 2. The Morgan fingerprint density at radius 1 is 1.04 bits per heavy atom. The number of hydrogen-bond acceptors (Lipinski definition) is 4. The molecule has 7 heteroatoms. The predicted octanol–water partition coefficient (Wildman–Crippen LogP) is 1.97. The summed E-state index contributed by atoms with van der Waals surface area (Å²) in [5.41, 5.74) is -0.246. The van der Waals surface area contributed by atoms with Crippen molar-refractivity contribution in [3.05, 3.63) is 65.7 Å². The first kappa shape index (κ1) is 21.0. The molecule has 0 aromatic heterocycles. The van der Waals surface area contributed by atoms with Crippen LogP contribution in [0, 0.1) is 0 Å². The standard InChI is InChI=1S/C21H24N2O5/c1-3-21(20(26)27,16-9-5-4-6-10-16)14-23-18(24)13-22-19(25)15-8-7-11-17(12-15)28-2/h4-12H,3,13-14H2,1-2H3,(H,22,25)(H,23,24)(H,26,27). The molecule has 2 rings (SSSR count). The van der Waals surface area contributed by atoms with Crippen molar-refractivity contribution >= 4 is 17.8 Å². The van der Waals surface area contributed by atoms with Gasteiger partial charge in [0, 0.05) is 12.1 Å². The molecule has 2 aromatic rings. The first-order valence-electron chi connectivity index (χ1n) is 8.91. The maximum absolute atomic E-state index is 12.2. The summed E-state index contributed by atoms with van der Waals surface area (Å²) in [5, 5.41) is 14.9. The molecule has 1 atom stereocenters. The van der Waals surface area contributed by atoms with Crippen LogP contribution in [0.1, 0.15) is 29.3 Å². The van der Waals surface area contributed by atoms with Crippen LogP contribution in [0.25, 0.3) is 0 Å². The number of methoxy groups -OCH3 is 1. The summed E-state index contributed by atoms with van der Waals surface area (Å²) in [4.78, 5) is 36.3. The second kappa shape index (κ2) is 9.55. The molecule has 3 N–H and O–H groups in total. The van der Waals surface area contributed by atoms with Gasteiger partial charge in [0.05, 0.1) is 13.7 Å². The Morgan fingerprint density at radius 3 is 2.36 bits per heavy atom. The summed E-state index contributed by atoms with van der Waals surface area (Å²) < 4.78 is 5.07. The lowest BCUT2D eigenvalue weighted by Crippen LogP contribution is -2.48. The number of hydrogen-bond donors (Lipinski definition) is 3. The van der Waals surface area contributed by atoms with E-state index in [2.05, 4.69) is 10.6 Å². The lowest BCUT2D eigenvalue weighted by Gasteiger charge is -2.29. The quantitative estimate of drug-likeness (QED) is 0.613. The highest BCUT2D eigenvalue weighted by Gasteiger charge is 2.38. The topological polar surface area (TPSA) is 105 Å². The average molecular weight is 384 g/mol. The van der Waals surface area contributed by atoms with E-state index in [-0.39, 0.29) is 13.1 Å². The fraction of sp³-hybridized carbons (Fsp3) is 0.286. The molecular formula is C21H24N2O5. The summed E-state index contributed by atoms with van der Waals surface area (Å²) in [6.45, 7) is 1.43. The highest BCUT2D eigenvalue weighted by molar-refractivity contribution is 5.96. The summed E-state index contributed by atoms with van der Waals surface area (Å²) in [7, 11) is 1.50. The maximum atomic E-state index is 12.2. The molecule has 0 aliphatic carbocycles. The second-order valence-electron chi connectivity index (χ2n) is 6.30. The zero-order valence-corrected chi connectivity index (χ0v) is 15.9. The van der Waals surface area contributed by atoms with E-state index in [1.54, 1.807) is 61.5 Å². The van der Waals surface area contributed by atoms with Crippen LogP contribution < -0.4 is 15.4 Å². The van der Waals surface area contributed by atoms with Gasteiger partial charge in [-0.15, -0.1) is 0 Å². The summed E-state index contributed by atoms with van der Waals surface area (Å²) in [6.07, 6.45) is 0.308. The van der Waals surface area contributed by atoms with E-state index < -0.39 is 23.2 Å². The third-order valence-corrected chi connectivity index (χ3v) is 4.67. The summed E-state index contributed by atoms with van der Waals surface area (Å²) in [5.74, 6) is -1.36. The number of amides is 2. The largest absolute Gasteiger partial charge is 0.497 e. The average Bonchev–Trinajstić information content (AvgIpc) is 2.73. The lowest BCUT2D eigenvalue weighted by molar-refractivity contribution is -0.144. The molecule has 0 bridgehead atoms. The van der Waals surface area contributed by atoms with Crippen molar-refractivity contribution in [3.63, 3.8) is 0 Å². The van der Waals surface area contributed by atoms with E-state index in [9.17, 15) is 19.5 Å². The van der Waals surface area contributed by atoms with Crippen LogP contribution in [0.15, 0.2) is 54.6 Å². The van der Waals surface area contributed by atoms with Crippen LogP contribution in [0.3, 0.4) is 0 Å². The Hall–Kier alpha value is -3.35. The molecule has 0 aliphatic rings. The normalized spacial score (nSPS) is 12.5. The molecule has 7 nitrogen and oxygen atoms in total. The summed E-state index contributed by atoms with van der Waals surface area (Å²) >= 11 is 0. The molecule has 0 saturated heterocycles. The Labute approximate surface area is 163 Å². The van der Waals surface area contributed by atoms with Gasteiger partial charge >= 0.3 is 5.97 Å². The van der Waals surface area contributed by atoms with Gasteiger partial charge in [-0.25, -0.2) is 0 Å². The van der Waals surface area contributed by atoms with Crippen molar-refractivity contribution in [3.8, 4) is 5.75 Å². The maximum Gasteiger partial charge on any atom is 0.315 e. The highest BCUT2D eigenvalue weighted by atomic mass is 16.5. The Kier molecular flexibility index (Phi) is 7.14. The fourth-order valence-electron chi connectivity index (χ4n) is 2.88. The molecule has 148 valence electrons. The molecule has 0 saturated carbocycles. The second-order valence-corrected chi connectivity index (χ2v) is 6.30. The van der Waals surface area contributed by atoms with E-state index in [0.717, 1.165) is 0 Å². The molecule has 1 unspecified atom stereocenters. The molecule has 0 fully saturated rings. The minimum absolute atomic E-state index is 0.0727. The van der Waals surface area contributed by atoms with E-state index in [4.69, 9.17) is 4.74 Å². The first-order valence-corrected chi connectivity index (χ1v) is 8.91. The van der Waals surface area contributed by atoms with Gasteiger partial charge < -0.3 is 20.5 Å². The number of nitrogens with one attached hydrogen (secondary N) is 2. The van der Waals surface area contributed by atoms with Crippen LogP contribution in [0.4, 0.5) is 0 Å². The molecule has 28 heavy (non-hydrogen) atoms. The van der Waals surface area contributed by atoms with Gasteiger partial charge in [0.15, 0.2) is 0 Å². The van der Waals surface area contributed by atoms with Crippen molar-refractivity contribution in [2.45, 2.75) is 18.8 Å². The third-order valence-electron chi connectivity index (χ3n) is 4.67. The van der Waals surface area contributed by atoms with E-state index in [1.165, 1.54) is 7.11 Å². The summed E-state index contributed by atoms with van der Waals surface area (Å²) in [6, 6.07) is 15.4. The molecular weight excluding hydrogens is 360 g/mol. The highest BCUT2D eigenvalue weighted by Crippen LogP contribution is 2.27. The van der Waals surface area contributed by atoms with Crippen LogP contribution in [0.2, 0.25) is 0 Å². The molecule has 0 heterocycles. The smallest absolute Gasteiger partial charge is 0.315 e. The predicted molar refractivity (Wildman–Crippen MR) is 104 cm³/mol. The van der Waals surface area contributed by atoms with Gasteiger partial charge in [0.25, 0.3) is 5.91 Å². The van der Waals surface area contributed by atoms with Crippen molar-refractivity contribution in [2.24, 2.45) is 0 Å². The van der Waals surface area contributed by atoms with Gasteiger partial charge in [0.2, 0.25) is 5.91 Å². The van der Waals surface area contributed by atoms with E-state index >= 15 is 0 Å².